The topological polar surface area (TPSA) is 98.4 Å². The number of carbonyl (C=O) groups is 1. The van der Waals surface area contributed by atoms with Gasteiger partial charge in [-0.1, -0.05) is 5.16 Å². The molecule has 0 spiro atoms. The molecule has 10 heteroatoms. The number of aromatic nitrogens is 2. The summed E-state index contributed by atoms with van der Waals surface area (Å²) in [6.07, 6.45) is -3.04. The van der Waals surface area contributed by atoms with Crippen molar-refractivity contribution in [2.45, 2.75) is 12.7 Å². The van der Waals surface area contributed by atoms with Gasteiger partial charge in [0.1, 0.15) is 0 Å². The Kier molecular flexibility index (Phi) is 3.84. The molecule has 2 aromatic heterocycles. The van der Waals surface area contributed by atoms with Crippen LogP contribution in [0.2, 0.25) is 0 Å². The number of nitrogens with two attached hydrogens (primary N) is 1. The minimum Gasteiger partial charge on any atom is -0.461 e. The van der Waals surface area contributed by atoms with E-state index >= 15 is 0 Å². The van der Waals surface area contributed by atoms with Crippen LogP contribution in [0.25, 0.3) is 11.6 Å². The van der Waals surface area contributed by atoms with E-state index in [1.807, 2.05) is 0 Å². The molecule has 0 radical (unpaired) electrons. The van der Waals surface area contributed by atoms with Gasteiger partial charge in [0.05, 0.1) is 24.6 Å². The molecule has 3 heterocycles. The van der Waals surface area contributed by atoms with Gasteiger partial charge in [0.2, 0.25) is 17.6 Å². The van der Waals surface area contributed by atoms with Crippen molar-refractivity contribution in [2.75, 3.05) is 13.1 Å². The Labute approximate surface area is 128 Å². The third kappa shape index (κ3) is 3.21. The number of rotatable bonds is 4. The van der Waals surface area contributed by atoms with E-state index in [0.717, 1.165) is 0 Å². The van der Waals surface area contributed by atoms with E-state index in [9.17, 15) is 18.0 Å². The van der Waals surface area contributed by atoms with Crippen LogP contribution < -0.4 is 5.73 Å². The summed E-state index contributed by atoms with van der Waals surface area (Å²) in [5, 5.41) is 3.70. The fourth-order valence-electron chi connectivity index (χ4n) is 2.65. The molecule has 2 atom stereocenters. The van der Waals surface area contributed by atoms with Crippen molar-refractivity contribution in [3.05, 3.63) is 24.3 Å². The number of amides is 1. The molecule has 2 N–H and O–H groups in total. The molecule has 1 aliphatic heterocycles. The minimum atomic E-state index is -4.48. The lowest BCUT2D eigenvalue weighted by atomic mass is 9.95. The Morgan fingerprint density at radius 1 is 1.43 bits per heavy atom. The van der Waals surface area contributed by atoms with Gasteiger partial charge in [0, 0.05) is 13.1 Å². The molecule has 1 amide bonds. The zero-order chi connectivity index (χ0) is 16.6. The standard InChI is InChI=1S/C13H13F3N4O3/c14-13(15,16)8-5-20(4-7(8)11(17)21)6-10-18-12(19-23-10)9-2-1-3-22-9/h1-3,7-8H,4-6H2,(H2,17,21)/t7-,8-/m1/s1. The zero-order valence-electron chi connectivity index (χ0n) is 11.8. The number of alkyl halides is 3. The molecule has 1 fully saturated rings. The second-order valence-corrected chi connectivity index (χ2v) is 5.34. The predicted molar refractivity (Wildman–Crippen MR) is 69.5 cm³/mol. The number of nitrogens with zero attached hydrogens (tertiary/aromatic N) is 3. The highest BCUT2D eigenvalue weighted by atomic mass is 19.4. The van der Waals surface area contributed by atoms with Gasteiger partial charge in [0.15, 0.2) is 5.76 Å². The molecule has 124 valence electrons. The number of carbonyl (C=O) groups excluding carboxylic acids is 1. The van der Waals surface area contributed by atoms with Crippen LogP contribution in [0.3, 0.4) is 0 Å². The molecule has 7 nitrogen and oxygen atoms in total. The maximum atomic E-state index is 13.0. The molecule has 3 rings (SSSR count). The first kappa shape index (κ1) is 15.5. The Morgan fingerprint density at radius 3 is 2.78 bits per heavy atom. The number of primary amides is 1. The second-order valence-electron chi connectivity index (χ2n) is 5.34. The lowest BCUT2D eigenvalue weighted by Crippen LogP contribution is -2.37. The Balaban J connectivity index is 1.70. The van der Waals surface area contributed by atoms with Crippen LogP contribution >= 0.6 is 0 Å². The largest absolute Gasteiger partial charge is 0.461 e. The van der Waals surface area contributed by atoms with Crippen LogP contribution in [0.1, 0.15) is 5.89 Å². The highest BCUT2D eigenvalue weighted by Crippen LogP contribution is 2.37. The van der Waals surface area contributed by atoms with Gasteiger partial charge in [-0.25, -0.2) is 0 Å². The molecule has 0 bridgehead atoms. The number of halogens is 3. The van der Waals surface area contributed by atoms with Crippen LogP contribution in [-0.4, -0.2) is 40.2 Å². The van der Waals surface area contributed by atoms with Crippen LogP contribution in [0, 0.1) is 11.8 Å². The summed E-state index contributed by atoms with van der Waals surface area (Å²) in [5.74, 6) is -3.28. The number of likely N-dealkylation sites (tertiary alicyclic amines) is 1. The monoisotopic (exact) mass is 330 g/mol. The summed E-state index contributed by atoms with van der Waals surface area (Å²) in [6, 6.07) is 3.28. The van der Waals surface area contributed by atoms with E-state index in [-0.39, 0.29) is 31.3 Å². The van der Waals surface area contributed by atoms with Crippen molar-refractivity contribution in [1.29, 1.82) is 0 Å². The molecule has 1 saturated heterocycles. The smallest absolute Gasteiger partial charge is 0.393 e. The summed E-state index contributed by atoms with van der Waals surface area (Å²) in [5.41, 5.74) is 5.08. The van der Waals surface area contributed by atoms with Gasteiger partial charge in [-0.15, -0.1) is 0 Å². The molecule has 0 saturated carbocycles. The van der Waals surface area contributed by atoms with Gasteiger partial charge >= 0.3 is 6.18 Å². The first-order valence-electron chi connectivity index (χ1n) is 6.79. The quantitative estimate of drug-likeness (QED) is 0.910. The molecule has 1 aliphatic rings. The SMILES string of the molecule is NC(=O)[C@@H]1CN(Cc2nc(-c3ccco3)no2)C[C@H]1C(F)(F)F. The lowest BCUT2D eigenvalue weighted by molar-refractivity contribution is -0.182. The Morgan fingerprint density at radius 2 is 2.22 bits per heavy atom. The predicted octanol–water partition coefficient (Wildman–Crippen LogP) is 1.43. The highest BCUT2D eigenvalue weighted by molar-refractivity contribution is 5.77. The maximum absolute atomic E-state index is 13.0. The van der Waals surface area contributed by atoms with E-state index in [4.69, 9.17) is 14.7 Å². The normalized spacial score (nSPS) is 22.6. The van der Waals surface area contributed by atoms with E-state index < -0.39 is 23.9 Å². The fourth-order valence-corrected chi connectivity index (χ4v) is 2.65. The summed E-state index contributed by atoms with van der Waals surface area (Å²) >= 11 is 0. The van der Waals surface area contributed by atoms with Gasteiger partial charge < -0.3 is 14.7 Å². The second kappa shape index (κ2) is 5.69. The van der Waals surface area contributed by atoms with Crippen LogP contribution in [0.5, 0.6) is 0 Å². The third-order valence-corrected chi connectivity index (χ3v) is 3.75. The number of furan rings is 1. The van der Waals surface area contributed by atoms with Crippen molar-refractivity contribution in [3.8, 4) is 11.6 Å². The average Bonchev–Trinajstić information content (AvgIpc) is 3.17. The van der Waals surface area contributed by atoms with Gasteiger partial charge in [-0.3, -0.25) is 9.69 Å². The number of hydrogen-bond acceptors (Lipinski definition) is 6. The average molecular weight is 330 g/mol. The molecule has 0 unspecified atom stereocenters. The molecule has 23 heavy (non-hydrogen) atoms. The molecule has 0 aromatic carbocycles. The van der Waals surface area contributed by atoms with Crippen molar-refractivity contribution < 1.29 is 26.9 Å². The van der Waals surface area contributed by atoms with Gasteiger partial charge in [0.25, 0.3) is 0 Å². The summed E-state index contributed by atoms with van der Waals surface area (Å²) < 4.78 is 49.0. The Hall–Kier alpha value is -2.36. The summed E-state index contributed by atoms with van der Waals surface area (Å²) in [6.45, 7) is -0.433. The minimum absolute atomic E-state index is 0.00404. The van der Waals surface area contributed by atoms with Crippen molar-refractivity contribution in [2.24, 2.45) is 17.6 Å². The van der Waals surface area contributed by atoms with Crippen molar-refractivity contribution in [1.82, 2.24) is 15.0 Å². The maximum Gasteiger partial charge on any atom is 0.393 e. The van der Waals surface area contributed by atoms with Gasteiger partial charge in [-0.2, -0.15) is 18.2 Å². The van der Waals surface area contributed by atoms with E-state index in [1.54, 1.807) is 12.1 Å². The van der Waals surface area contributed by atoms with E-state index in [0.29, 0.717) is 5.76 Å². The van der Waals surface area contributed by atoms with Crippen LogP contribution in [-0.2, 0) is 11.3 Å². The summed E-state index contributed by atoms with van der Waals surface area (Å²) in [7, 11) is 0. The lowest BCUT2D eigenvalue weighted by Gasteiger charge is -2.18. The Bertz CT molecular complexity index is 683. The van der Waals surface area contributed by atoms with Crippen LogP contribution in [0.4, 0.5) is 13.2 Å². The van der Waals surface area contributed by atoms with Crippen LogP contribution in [0.15, 0.2) is 27.3 Å². The van der Waals surface area contributed by atoms with Crippen molar-refractivity contribution in [3.63, 3.8) is 0 Å². The molecule has 0 aliphatic carbocycles. The first-order chi connectivity index (χ1) is 10.8. The third-order valence-electron chi connectivity index (χ3n) is 3.75. The number of hydrogen-bond donors (Lipinski definition) is 1. The van der Waals surface area contributed by atoms with Crippen molar-refractivity contribution >= 4 is 5.91 Å². The van der Waals surface area contributed by atoms with Gasteiger partial charge in [-0.05, 0) is 12.1 Å². The molecule has 2 aromatic rings. The van der Waals surface area contributed by atoms with E-state index in [1.165, 1.54) is 11.2 Å². The first-order valence-corrected chi connectivity index (χ1v) is 6.79. The molecular formula is C13H13F3N4O3. The highest BCUT2D eigenvalue weighted by Gasteiger charge is 2.51. The molecular weight excluding hydrogens is 317 g/mol. The fraction of sp³-hybridized carbons (Fsp3) is 0.462. The van der Waals surface area contributed by atoms with E-state index in [2.05, 4.69) is 10.1 Å². The summed E-state index contributed by atoms with van der Waals surface area (Å²) in [4.78, 5) is 16.7. The zero-order valence-corrected chi connectivity index (χ0v) is 11.8.